The number of aromatic hydroxyl groups is 1. The number of rotatable bonds is 2. The Labute approximate surface area is 145 Å². The lowest BCUT2D eigenvalue weighted by Gasteiger charge is -2.32. The molecule has 0 saturated carbocycles. The highest BCUT2D eigenvalue weighted by molar-refractivity contribution is 7.92. The Bertz CT molecular complexity index is 818. The number of carbonyl (C=O) groups is 1. The highest BCUT2D eigenvalue weighted by Crippen LogP contribution is 2.38. The summed E-state index contributed by atoms with van der Waals surface area (Å²) in [6, 6.07) is 2.19. The van der Waals surface area contributed by atoms with Crippen molar-refractivity contribution in [2.24, 2.45) is 0 Å². The predicted octanol–water partition coefficient (Wildman–Crippen LogP) is 0.0115. The number of carbonyl (C=O) groups excluding carboxylic acids is 1. The second-order valence-electron chi connectivity index (χ2n) is 7.00. The van der Waals surface area contributed by atoms with Crippen LogP contribution in [0.2, 0.25) is 0 Å². The normalized spacial score (nSPS) is 23.8. The van der Waals surface area contributed by atoms with E-state index >= 15 is 0 Å². The fourth-order valence-electron chi connectivity index (χ4n) is 2.61. The van der Waals surface area contributed by atoms with E-state index < -0.39 is 58.2 Å². The Hall–Kier alpha value is -1.85. The van der Waals surface area contributed by atoms with Gasteiger partial charge in [-0.15, -0.1) is 0 Å². The number of nitrogens with zero attached hydrogens (tertiary/aromatic N) is 1. The van der Waals surface area contributed by atoms with Crippen LogP contribution in [0.4, 0.5) is 10.1 Å². The molecule has 0 aliphatic carbocycles. The zero-order valence-electron chi connectivity index (χ0n) is 14.2. The molecule has 2 aliphatic heterocycles. The van der Waals surface area contributed by atoms with Gasteiger partial charge in [0.2, 0.25) is 0 Å². The van der Waals surface area contributed by atoms with Crippen LogP contribution in [0.5, 0.6) is 5.75 Å². The molecule has 1 aromatic carbocycles. The Morgan fingerprint density at radius 2 is 1.80 bits per heavy atom. The van der Waals surface area contributed by atoms with Crippen molar-refractivity contribution < 1.29 is 32.0 Å². The highest BCUT2D eigenvalue weighted by atomic mass is 32.2. The van der Waals surface area contributed by atoms with Gasteiger partial charge in [-0.2, -0.15) is 8.42 Å². The molecule has 3 rings (SSSR count). The Morgan fingerprint density at radius 3 is 2.24 bits per heavy atom. The zero-order valence-corrected chi connectivity index (χ0v) is 15.0. The van der Waals surface area contributed by atoms with E-state index in [1.54, 1.807) is 4.72 Å². The Kier molecular flexibility index (Phi) is 3.82. The molecule has 0 aromatic heterocycles. The maximum Gasteiger partial charge on any atom is 0.495 e. The molecule has 1 amide bonds. The standard InChI is InChI=1S/C14H18BFN2O6S/c1-13(2)14(3,4)24-15(23-13)8-5-9(16)12(10(19)6-8)18-7-11(20)17-25(18,21)22/h5-6,19H,7H2,1-4H3,(H,17,20). The van der Waals surface area contributed by atoms with Crippen LogP contribution in [-0.2, 0) is 24.3 Å². The molecule has 8 nitrogen and oxygen atoms in total. The topological polar surface area (TPSA) is 105 Å². The first-order valence-electron chi connectivity index (χ1n) is 7.55. The average Bonchev–Trinajstić information content (AvgIpc) is 2.81. The molecule has 0 unspecified atom stereocenters. The molecule has 2 aliphatic rings. The lowest BCUT2D eigenvalue weighted by molar-refractivity contribution is -0.117. The average molecular weight is 372 g/mol. The van der Waals surface area contributed by atoms with Gasteiger partial charge in [0, 0.05) is 0 Å². The summed E-state index contributed by atoms with van der Waals surface area (Å²) in [7, 11) is -5.15. The van der Waals surface area contributed by atoms with Gasteiger partial charge < -0.3 is 14.4 Å². The van der Waals surface area contributed by atoms with Crippen molar-refractivity contribution in [3.63, 3.8) is 0 Å². The number of hydrogen-bond acceptors (Lipinski definition) is 6. The van der Waals surface area contributed by atoms with Crippen LogP contribution >= 0.6 is 0 Å². The van der Waals surface area contributed by atoms with Gasteiger partial charge in [-0.1, -0.05) is 0 Å². The number of anilines is 1. The first kappa shape index (κ1) is 18.0. The first-order valence-corrected chi connectivity index (χ1v) is 8.99. The molecule has 1 aromatic rings. The maximum atomic E-state index is 14.6. The molecule has 136 valence electrons. The molecule has 0 spiro atoms. The fourth-order valence-corrected chi connectivity index (χ4v) is 3.78. The van der Waals surface area contributed by atoms with Crippen molar-refractivity contribution in [1.29, 1.82) is 0 Å². The minimum atomic E-state index is -4.23. The number of hydrogen-bond donors (Lipinski definition) is 2. The SMILES string of the molecule is CC1(C)OB(c2cc(O)c(N3CC(=O)NS3(=O)=O)c(F)c2)OC1(C)C. The summed E-state index contributed by atoms with van der Waals surface area (Å²) in [6.45, 7) is 6.69. The third-order valence-electron chi connectivity index (χ3n) is 4.66. The van der Waals surface area contributed by atoms with E-state index in [-0.39, 0.29) is 5.46 Å². The molecule has 0 radical (unpaired) electrons. The number of amides is 1. The third-order valence-corrected chi connectivity index (χ3v) is 6.04. The minimum absolute atomic E-state index is 0.202. The molecule has 0 bridgehead atoms. The lowest BCUT2D eigenvalue weighted by atomic mass is 9.79. The van der Waals surface area contributed by atoms with Crippen molar-refractivity contribution in [2.45, 2.75) is 38.9 Å². The Morgan fingerprint density at radius 1 is 1.24 bits per heavy atom. The van der Waals surface area contributed by atoms with Gasteiger partial charge in [-0.05, 0) is 45.3 Å². The van der Waals surface area contributed by atoms with Crippen LogP contribution < -0.4 is 14.5 Å². The van der Waals surface area contributed by atoms with E-state index in [9.17, 15) is 22.7 Å². The summed E-state index contributed by atoms with van der Waals surface area (Å²) in [5.41, 5.74) is -1.71. The lowest BCUT2D eigenvalue weighted by Crippen LogP contribution is -2.41. The minimum Gasteiger partial charge on any atom is -0.506 e. The van der Waals surface area contributed by atoms with E-state index in [0.29, 0.717) is 4.31 Å². The van der Waals surface area contributed by atoms with Gasteiger partial charge in [0.1, 0.15) is 18.0 Å². The molecule has 2 fully saturated rings. The number of halogens is 1. The molecule has 2 saturated heterocycles. The van der Waals surface area contributed by atoms with E-state index in [4.69, 9.17) is 9.31 Å². The van der Waals surface area contributed by atoms with Crippen LogP contribution in [-0.4, -0.2) is 44.3 Å². The number of nitrogens with one attached hydrogen (secondary N) is 1. The van der Waals surface area contributed by atoms with Crippen LogP contribution in [0.15, 0.2) is 12.1 Å². The van der Waals surface area contributed by atoms with Crippen LogP contribution in [0.3, 0.4) is 0 Å². The molecule has 0 atom stereocenters. The Balaban J connectivity index is 1.99. The van der Waals surface area contributed by atoms with Gasteiger partial charge in [-0.3, -0.25) is 4.79 Å². The summed E-state index contributed by atoms with van der Waals surface area (Å²) >= 11 is 0. The fraction of sp³-hybridized carbons (Fsp3) is 0.500. The van der Waals surface area contributed by atoms with Gasteiger partial charge in [0.15, 0.2) is 5.82 Å². The summed E-state index contributed by atoms with van der Waals surface area (Å²) in [4.78, 5) is 11.3. The molecular formula is C14H18BFN2O6S. The molecule has 2 N–H and O–H groups in total. The van der Waals surface area contributed by atoms with E-state index in [0.717, 1.165) is 6.07 Å². The van der Waals surface area contributed by atoms with Crippen LogP contribution in [0.25, 0.3) is 0 Å². The highest BCUT2D eigenvalue weighted by Gasteiger charge is 2.52. The molecule has 11 heteroatoms. The van der Waals surface area contributed by atoms with Crippen LogP contribution in [0, 0.1) is 5.82 Å². The van der Waals surface area contributed by atoms with Crippen LogP contribution in [0.1, 0.15) is 27.7 Å². The predicted molar refractivity (Wildman–Crippen MR) is 88.2 cm³/mol. The van der Waals surface area contributed by atoms with Gasteiger partial charge in [-0.25, -0.2) is 13.4 Å². The van der Waals surface area contributed by atoms with E-state index in [1.165, 1.54) is 6.07 Å². The summed E-state index contributed by atoms with van der Waals surface area (Å²) < 4.78 is 52.0. The second kappa shape index (κ2) is 5.32. The molecule has 2 heterocycles. The quantitative estimate of drug-likeness (QED) is 0.709. The van der Waals surface area contributed by atoms with Crippen molar-refractivity contribution >= 4 is 34.4 Å². The van der Waals surface area contributed by atoms with Crippen molar-refractivity contribution in [3.8, 4) is 5.75 Å². The summed E-state index contributed by atoms with van der Waals surface area (Å²) in [5.74, 6) is -2.46. The second-order valence-corrected chi connectivity index (χ2v) is 8.59. The van der Waals surface area contributed by atoms with E-state index in [1.807, 2.05) is 27.7 Å². The number of benzene rings is 1. The van der Waals surface area contributed by atoms with Gasteiger partial charge >= 0.3 is 17.3 Å². The number of phenolic OH excluding ortho intramolecular Hbond substituents is 1. The van der Waals surface area contributed by atoms with Gasteiger partial charge in [0.25, 0.3) is 5.91 Å². The monoisotopic (exact) mass is 372 g/mol. The summed E-state index contributed by atoms with van der Waals surface area (Å²) in [5, 5.41) is 10.2. The number of phenols is 1. The largest absolute Gasteiger partial charge is 0.506 e. The third kappa shape index (κ3) is 2.85. The van der Waals surface area contributed by atoms with Crippen molar-refractivity contribution in [3.05, 3.63) is 17.9 Å². The maximum absolute atomic E-state index is 14.6. The first-order chi connectivity index (χ1) is 11.3. The molecular weight excluding hydrogens is 354 g/mol. The van der Waals surface area contributed by atoms with Crippen molar-refractivity contribution in [1.82, 2.24) is 4.72 Å². The smallest absolute Gasteiger partial charge is 0.495 e. The summed E-state index contributed by atoms with van der Waals surface area (Å²) in [6.07, 6.45) is 0. The van der Waals surface area contributed by atoms with E-state index in [2.05, 4.69) is 0 Å². The molecule has 25 heavy (non-hydrogen) atoms. The van der Waals surface area contributed by atoms with Gasteiger partial charge in [0.05, 0.1) is 11.2 Å². The van der Waals surface area contributed by atoms with Crippen molar-refractivity contribution in [2.75, 3.05) is 10.8 Å². The zero-order chi connectivity index (χ0) is 18.8.